The number of unbranched alkanes of at least 4 members (excludes halogenated alkanes) is 2. The van der Waals surface area contributed by atoms with E-state index in [0.29, 0.717) is 6.54 Å². The van der Waals surface area contributed by atoms with Crippen LogP contribution in [0.5, 0.6) is 0 Å². The zero-order valence-corrected chi connectivity index (χ0v) is 10.4. The molecule has 0 aliphatic heterocycles. The number of hydrogen-bond acceptors (Lipinski definition) is 3. The zero-order valence-electron chi connectivity index (χ0n) is 10.4. The van der Waals surface area contributed by atoms with E-state index in [4.69, 9.17) is 4.74 Å². The first kappa shape index (κ1) is 15.4. The van der Waals surface area contributed by atoms with E-state index < -0.39 is 12.0 Å². The van der Waals surface area contributed by atoms with Gasteiger partial charge in [-0.15, -0.1) is 6.58 Å². The van der Waals surface area contributed by atoms with Crippen LogP contribution >= 0.6 is 0 Å². The van der Waals surface area contributed by atoms with Gasteiger partial charge in [0.2, 0.25) is 0 Å². The molecular formula is C13H20NO3. The van der Waals surface area contributed by atoms with Crippen molar-refractivity contribution in [1.29, 1.82) is 0 Å². The fraction of sp³-hybridized carbons (Fsp3) is 0.538. The van der Waals surface area contributed by atoms with E-state index >= 15 is 0 Å². The van der Waals surface area contributed by atoms with Crippen molar-refractivity contribution in [3.63, 3.8) is 0 Å². The second kappa shape index (κ2) is 9.63. The summed E-state index contributed by atoms with van der Waals surface area (Å²) in [4.78, 5) is 23.7. The van der Waals surface area contributed by atoms with Gasteiger partial charge in [0.15, 0.2) is 0 Å². The summed E-state index contributed by atoms with van der Waals surface area (Å²) in [6.07, 6.45) is 7.51. The van der Waals surface area contributed by atoms with Crippen LogP contribution in [0.25, 0.3) is 0 Å². The Balaban J connectivity index is 4.35. The highest BCUT2D eigenvalue weighted by Gasteiger charge is 2.23. The lowest BCUT2D eigenvalue weighted by molar-refractivity contribution is -0.145. The first-order valence-corrected chi connectivity index (χ1v) is 5.75. The Labute approximate surface area is 103 Å². The highest BCUT2D eigenvalue weighted by molar-refractivity contribution is 5.80. The summed E-state index contributed by atoms with van der Waals surface area (Å²) in [6, 6.07) is -0.760. The highest BCUT2D eigenvalue weighted by atomic mass is 16.5. The summed E-state index contributed by atoms with van der Waals surface area (Å²) in [6.45, 7) is 9.67. The maximum Gasteiger partial charge on any atom is 0.333 e. The topological polar surface area (TPSA) is 46.6 Å². The fourth-order valence-corrected chi connectivity index (χ4v) is 1.35. The van der Waals surface area contributed by atoms with Gasteiger partial charge in [-0.05, 0) is 6.42 Å². The normalized spacial score (nSPS) is 11.4. The van der Waals surface area contributed by atoms with Crippen molar-refractivity contribution in [2.75, 3.05) is 13.2 Å². The van der Waals surface area contributed by atoms with Crippen molar-refractivity contribution in [1.82, 2.24) is 4.90 Å². The van der Waals surface area contributed by atoms with Crippen LogP contribution in [0.2, 0.25) is 0 Å². The van der Waals surface area contributed by atoms with Gasteiger partial charge < -0.3 is 9.64 Å². The van der Waals surface area contributed by atoms with Crippen molar-refractivity contribution in [3.05, 3.63) is 25.3 Å². The maximum atomic E-state index is 11.6. The molecule has 0 aromatic carbocycles. The van der Waals surface area contributed by atoms with Crippen molar-refractivity contribution in [3.8, 4) is 0 Å². The van der Waals surface area contributed by atoms with Crippen LogP contribution in [0.4, 0.5) is 0 Å². The molecule has 0 bridgehead atoms. The molecule has 0 saturated carbocycles. The van der Waals surface area contributed by atoms with Gasteiger partial charge in [-0.2, -0.15) is 0 Å². The molecule has 1 radical (unpaired) electrons. The summed E-state index contributed by atoms with van der Waals surface area (Å²) in [7, 11) is 0. The Kier molecular flexibility index (Phi) is 8.74. The molecule has 95 valence electrons. The van der Waals surface area contributed by atoms with Crippen molar-refractivity contribution < 1.29 is 14.3 Å². The number of rotatable bonds is 10. The minimum Gasteiger partial charge on any atom is -0.460 e. The molecule has 1 amide bonds. The quantitative estimate of drug-likeness (QED) is 0.252. The zero-order chi connectivity index (χ0) is 13.1. The Morgan fingerprint density at radius 3 is 2.65 bits per heavy atom. The number of carbonyl (C=O) groups is 1. The Morgan fingerprint density at radius 1 is 1.47 bits per heavy atom. The monoisotopic (exact) mass is 238 g/mol. The number of nitrogens with zero attached hydrogens (tertiary/aromatic N) is 1. The molecule has 0 heterocycles. The molecule has 4 heteroatoms. The van der Waals surface area contributed by atoms with Crippen molar-refractivity contribution in [2.24, 2.45) is 0 Å². The van der Waals surface area contributed by atoms with Crippen LogP contribution in [0, 0.1) is 0 Å². The smallest absolute Gasteiger partial charge is 0.333 e. The molecule has 0 aliphatic carbocycles. The fourth-order valence-electron chi connectivity index (χ4n) is 1.35. The average molecular weight is 238 g/mol. The van der Waals surface area contributed by atoms with E-state index in [1.165, 1.54) is 17.1 Å². The van der Waals surface area contributed by atoms with Gasteiger partial charge in [0, 0.05) is 6.54 Å². The molecule has 1 atom stereocenters. The van der Waals surface area contributed by atoms with Gasteiger partial charge in [-0.1, -0.05) is 38.5 Å². The lowest BCUT2D eigenvalue weighted by Crippen LogP contribution is -2.40. The van der Waals surface area contributed by atoms with E-state index in [0.717, 1.165) is 19.3 Å². The van der Waals surface area contributed by atoms with Crippen LogP contribution in [0.15, 0.2) is 25.3 Å². The molecule has 4 nitrogen and oxygen atoms in total. The van der Waals surface area contributed by atoms with E-state index in [9.17, 15) is 9.59 Å². The number of amides is 1. The van der Waals surface area contributed by atoms with Crippen molar-refractivity contribution >= 4 is 12.4 Å². The molecule has 0 spiro atoms. The molecule has 0 rings (SSSR count). The molecule has 0 fully saturated rings. The predicted molar refractivity (Wildman–Crippen MR) is 67.1 cm³/mol. The highest BCUT2D eigenvalue weighted by Crippen LogP contribution is 2.05. The largest absolute Gasteiger partial charge is 0.460 e. The first-order valence-electron chi connectivity index (χ1n) is 5.75. The molecule has 0 aliphatic rings. The summed E-state index contributed by atoms with van der Waals surface area (Å²) >= 11 is 0. The van der Waals surface area contributed by atoms with E-state index in [-0.39, 0.29) is 6.61 Å². The van der Waals surface area contributed by atoms with Gasteiger partial charge >= 0.3 is 12.4 Å². The lowest BCUT2D eigenvalue weighted by atomic mass is 10.2. The average Bonchev–Trinajstić information content (AvgIpc) is 2.35. The summed E-state index contributed by atoms with van der Waals surface area (Å²) in [5.41, 5.74) is 0. The van der Waals surface area contributed by atoms with Crippen molar-refractivity contribution in [2.45, 2.75) is 32.2 Å². The molecule has 17 heavy (non-hydrogen) atoms. The van der Waals surface area contributed by atoms with E-state index in [1.807, 2.05) is 0 Å². The lowest BCUT2D eigenvalue weighted by Gasteiger charge is -2.22. The third-order valence-electron chi connectivity index (χ3n) is 2.26. The van der Waals surface area contributed by atoms with E-state index in [2.05, 4.69) is 20.1 Å². The number of esters is 1. The Bertz CT molecular complexity index is 263. The van der Waals surface area contributed by atoms with Gasteiger partial charge in [0.05, 0.1) is 0 Å². The first-order chi connectivity index (χ1) is 8.21. The molecule has 0 N–H and O–H groups in total. The Hall–Kier alpha value is -1.58. The van der Waals surface area contributed by atoms with Gasteiger partial charge in [-0.25, -0.2) is 4.79 Å². The number of hydrogen-bond donors (Lipinski definition) is 0. The number of ether oxygens (including phenoxy) is 1. The maximum absolute atomic E-state index is 11.6. The van der Waals surface area contributed by atoms with E-state index in [1.54, 1.807) is 6.41 Å². The van der Waals surface area contributed by atoms with Crippen LogP contribution in [-0.2, 0) is 14.3 Å². The van der Waals surface area contributed by atoms with Gasteiger partial charge in [0.1, 0.15) is 12.6 Å². The summed E-state index contributed by atoms with van der Waals surface area (Å²) in [5.74, 6) is -0.500. The minimum absolute atomic E-state index is 0.130. The third kappa shape index (κ3) is 5.90. The van der Waals surface area contributed by atoms with Crippen LogP contribution in [0.3, 0.4) is 0 Å². The van der Waals surface area contributed by atoms with Crippen LogP contribution < -0.4 is 0 Å². The second-order valence-electron chi connectivity index (χ2n) is 3.59. The van der Waals surface area contributed by atoms with Crippen LogP contribution in [-0.4, -0.2) is 36.5 Å². The molecule has 1 unspecified atom stereocenters. The standard InChI is InChI=1S/C13H20NO3/c1-4-7-8-9-14(11-15)12(6-3)13(16)17-10-5-2/h5-6,12H,2-4,7-10H2,1H3. The molecular weight excluding hydrogens is 218 g/mol. The number of carbonyl (C=O) groups excluding carboxylic acids is 2. The van der Waals surface area contributed by atoms with Gasteiger partial charge in [0.25, 0.3) is 0 Å². The summed E-state index contributed by atoms with van der Waals surface area (Å²) < 4.78 is 4.88. The molecule has 0 aromatic rings. The third-order valence-corrected chi connectivity index (χ3v) is 2.26. The van der Waals surface area contributed by atoms with Crippen LogP contribution in [0.1, 0.15) is 26.2 Å². The minimum atomic E-state index is -0.760. The predicted octanol–water partition coefficient (Wildman–Crippen LogP) is 1.83. The second-order valence-corrected chi connectivity index (χ2v) is 3.59. The molecule has 0 saturated heterocycles. The van der Waals surface area contributed by atoms with Gasteiger partial charge in [-0.3, -0.25) is 4.79 Å². The SMILES string of the molecule is C=CCOC(=O)C(C=C)N([C]=O)CCCCC. The Morgan fingerprint density at radius 2 is 2.18 bits per heavy atom. The molecule has 0 aromatic heterocycles. The summed E-state index contributed by atoms with van der Waals surface area (Å²) in [5, 5.41) is 0.